The summed E-state index contributed by atoms with van der Waals surface area (Å²) in [4.78, 5) is 14.3. The molecule has 0 saturated heterocycles. The third kappa shape index (κ3) is 2.73. The minimum Gasteiger partial charge on any atom is -0.482 e. The molecule has 0 spiro atoms. The second-order valence-electron chi connectivity index (χ2n) is 3.25. The number of carboxylic acid groups (broad SMARTS) is 1. The monoisotopic (exact) mass is 195 g/mol. The second kappa shape index (κ2) is 4.60. The molecular weight excluding hydrogens is 182 g/mol. The Morgan fingerprint density at radius 2 is 2.36 bits per heavy atom. The fraction of sp³-hybridized carbons (Fsp3) is 0.400. The Kier molecular flexibility index (Phi) is 3.45. The van der Waals surface area contributed by atoms with Gasteiger partial charge in [-0.05, 0) is 12.0 Å². The Balaban J connectivity index is 2.79. The standard InChI is InChI=1S/C10H13NO3/c1-7(2)8-5-11-4-3-9(8)14-6-10(12)13/h3-5,7H,6H2,1-2H3,(H,12,13). The highest BCUT2D eigenvalue weighted by Crippen LogP contribution is 2.24. The molecule has 0 aliphatic rings. The molecule has 4 nitrogen and oxygen atoms in total. The summed E-state index contributed by atoms with van der Waals surface area (Å²) in [5.41, 5.74) is 0.925. The summed E-state index contributed by atoms with van der Waals surface area (Å²) in [7, 11) is 0. The van der Waals surface area contributed by atoms with E-state index in [-0.39, 0.29) is 12.5 Å². The molecule has 1 rings (SSSR count). The van der Waals surface area contributed by atoms with Crippen molar-refractivity contribution in [3.8, 4) is 5.75 Å². The van der Waals surface area contributed by atoms with Gasteiger partial charge in [-0.1, -0.05) is 13.8 Å². The fourth-order valence-corrected chi connectivity index (χ4v) is 1.10. The lowest BCUT2D eigenvalue weighted by Crippen LogP contribution is -2.10. The molecule has 0 bridgehead atoms. The third-order valence-electron chi connectivity index (χ3n) is 1.78. The van der Waals surface area contributed by atoms with Crippen molar-refractivity contribution in [1.29, 1.82) is 0 Å². The number of rotatable bonds is 4. The number of hydrogen-bond donors (Lipinski definition) is 1. The van der Waals surface area contributed by atoms with Gasteiger partial charge < -0.3 is 9.84 Å². The number of carboxylic acids is 1. The molecule has 1 aromatic rings. The molecule has 0 fully saturated rings. The predicted octanol–water partition coefficient (Wildman–Crippen LogP) is 1.67. The summed E-state index contributed by atoms with van der Waals surface area (Å²) >= 11 is 0. The van der Waals surface area contributed by atoms with Gasteiger partial charge in [0.1, 0.15) is 5.75 Å². The molecule has 1 heterocycles. The highest BCUT2D eigenvalue weighted by molar-refractivity contribution is 5.68. The van der Waals surface area contributed by atoms with Crippen LogP contribution in [0.2, 0.25) is 0 Å². The average molecular weight is 195 g/mol. The zero-order valence-corrected chi connectivity index (χ0v) is 8.23. The van der Waals surface area contributed by atoms with Crippen molar-refractivity contribution in [2.24, 2.45) is 0 Å². The van der Waals surface area contributed by atoms with Crippen LogP contribution in [0.15, 0.2) is 18.5 Å². The predicted molar refractivity (Wildman–Crippen MR) is 51.5 cm³/mol. The molecule has 0 aliphatic heterocycles. The van der Waals surface area contributed by atoms with Crippen LogP contribution in [0.1, 0.15) is 25.3 Å². The quantitative estimate of drug-likeness (QED) is 0.793. The van der Waals surface area contributed by atoms with Crippen molar-refractivity contribution in [3.05, 3.63) is 24.0 Å². The summed E-state index contributed by atoms with van der Waals surface area (Å²) in [5, 5.41) is 8.46. The second-order valence-corrected chi connectivity index (χ2v) is 3.25. The summed E-state index contributed by atoms with van der Waals surface area (Å²) in [6, 6.07) is 1.68. The van der Waals surface area contributed by atoms with Crippen LogP contribution in [0.3, 0.4) is 0 Å². The molecule has 0 radical (unpaired) electrons. The zero-order chi connectivity index (χ0) is 10.6. The van der Waals surface area contributed by atoms with Gasteiger partial charge in [0.15, 0.2) is 6.61 Å². The number of aromatic nitrogens is 1. The van der Waals surface area contributed by atoms with E-state index in [1.54, 1.807) is 18.5 Å². The van der Waals surface area contributed by atoms with E-state index in [0.29, 0.717) is 5.75 Å². The zero-order valence-electron chi connectivity index (χ0n) is 8.23. The van der Waals surface area contributed by atoms with Gasteiger partial charge in [0.25, 0.3) is 0 Å². The van der Waals surface area contributed by atoms with Crippen LogP contribution in [-0.2, 0) is 4.79 Å². The molecule has 1 aromatic heterocycles. The number of hydrogen-bond acceptors (Lipinski definition) is 3. The van der Waals surface area contributed by atoms with E-state index in [1.165, 1.54) is 0 Å². The summed E-state index contributed by atoms with van der Waals surface area (Å²) < 4.78 is 5.12. The van der Waals surface area contributed by atoms with E-state index >= 15 is 0 Å². The maximum absolute atomic E-state index is 10.3. The lowest BCUT2D eigenvalue weighted by atomic mass is 10.1. The molecule has 4 heteroatoms. The van der Waals surface area contributed by atoms with Gasteiger partial charge in [0.2, 0.25) is 0 Å². The summed E-state index contributed by atoms with van der Waals surface area (Å²) in [6.07, 6.45) is 3.28. The topological polar surface area (TPSA) is 59.4 Å². The normalized spacial score (nSPS) is 10.2. The SMILES string of the molecule is CC(C)c1cnccc1OCC(=O)O. The van der Waals surface area contributed by atoms with Crippen LogP contribution in [0.4, 0.5) is 0 Å². The van der Waals surface area contributed by atoms with E-state index in [9.17, 15) is 4.79 Å². The molecule has 0 amide bonds. The maximum Gasteiger partial charge on any atom is 0.341 e. The average Bonchev–Trinajstić information content (AvgIpc) is 2.15. The maximum atomic E-state index is 10.3. The van der Waals surface area contributed by atoms with E-state index in [4.69, 9.17) is 9.84 Å². The first-order chi connectivity index (χ1) is 6.61. The third-order valence-corrected chi connectivity index (χ3v) is 1.78. The number of aliphatic carboxylic acids is 1. The van der Waals surface area contributed by atoms with Crippen LogP contribution in [0, 0.1) is 0 Å². The Bertz CT molecular complexity index is 323. The first-order valence-corrected chi connectivity index (χ1v) is 4.39. The van der Waals surface area contributed by atoms with Crippen molar-refractivity contribution in [2.75, 3.05) is 6.61 Å². The Labute approximate surface area is 82.5 Å². The van der Waals surface area contributed by atoms with Crippen LogP contribution < -0.4 is 4.74 Å². The van der Waals surface area contributed by atoms with Crippen molar-refractivity contribution >= 4 is 5.97 Å². The van der Waals surface area contributed by atoms with E-state index in [2.05, 4.69) is 4.98 Å². The van der Waals surface area contributed by atoms with Gasteiger partial charge in [-0.2, -0.15) is 0 Å². The smallest absolute Gasteiger partial charge is 0.341 e. The van der Waals surface area contributed by atoms with E-state index < -0.39 is 5.97 Å². The van der Waals surface area contributed by atoms with Gasteiger partial charge >= 0.3 is 5.97 Å². The molecular formula is C10H13NO3. The number of nitrogens with zero attached hydrogens (tertiary/aromatic N) is 1. The van der Waals surface area contributed by atoms with Crippen LogP contribution >= 0.6 is 0 Å². The minimum atomic E-state index is -0.975. The number of carbonyl (C=O) groups is 1. The first-order valence-electron chi connectivity index (χ1n) is 4.39. The molecule has 0 unspecified atom stereocenters. The number of ether oxygens (including phenoxy) is 1. The minimum absolute atomic E-state index is 0.271. The molecule has 76 valence electrons. The van der Waals surface area contributed by atoms with Gasteiger partial charge in [-0.15, -0.1) is 0 Å². The molecule has 0 aliphatic carbocycles. The number of pyridine rings is 1. The van der Waals surface area contributed by atoms with E-state index in [0.717, 1.165) is 5.56 Å². The van der Waals surface area contributed by atoms with Crippen molar-refractivity contribution in [1.82, 2.24) is 4.98 Å². The summed E-state index contributed by atoms with van der Waals surface area (Å²) in [5.74, 6) is -0.110. The molecule has 14 heavy (non-hydrogen) atoms. The van der Waals surface area contributed by atoms with Crippen molar-refractivity contribution < 1.29 is 14.6 Å². The van der Waals surface area contributed by atoms with Gasteiger partial charge in [-0.25, -0.2) is 4.79 Å². The van der Waals surface area contributed by atoms with Crippen molar-refractivity contribution in [2.45, 2.75) is 19.8 Å². The van der Waals surface area contributed by atoms with E-state index in [1.807, 2.05) is 13.8 Å². The Morgan fingerprint density at radius 3 is 2.93 bits per heavy atom. The van der Waals surface area contributed by atoms with Crippen LogP contribution in [0.5, 0.6) is 5.75 Å². The van der Waals surface area contributed by atoms with Gasteiger partial charge in [0.05, 0.1) is 0 Å². The summed E-state index contributed by atoms with van der Waals surface area (Å²) in [6.45, 7) is 3.69. The van der Waals surface area contributed by atoms with Crippen LogP contribution in [0.25, 0.3) is 0 Å². The van der Waals surface area contributed by atoms with Crippen LogP contribution in [-0.4, -0.2) is 22.7 Å². The Hall–Kier alpha value is -1.58. The molecule has 1 N–H and O–H groups in total. The van der Waals surface area contributed by atoms with Gasteiger partial charge in [-0.3, -0.25) is 4.98 Å². The lowest BCUT2D eigenvalue weighted by molar-refractivity contribution is -0.139. The molecule has 0 aromatic carbocycles. The Morgan fingerprint density at radius 1 is 1.64 bits per heavy atom. The molecule has 0 atom stereocenters. The fourth-order valence-electron chi connectivity index (χ4n) is 1.10. The highest BCUT2D eigenvalue weighted by Gasteiger charge is 2.08. The molecule has 0 saturated carbocycles. The lowest BCUT2D eigenvalue weighted by Gasteiger charge is -2.11. The van der Waals surface area contributed by atoms with Gasteiger partial charge in [0, 0.05) is 18.0 Å². The van der Waals surface area contributed by atoms with Crippen molar-refractivity contribution in [3.63, 3.8) is 0 Å². The largest absolute Gasteiger partial charge is 0.482 e. The first kappa shape index (κ1) is 10.5. The highest BCUT2D eigenvalue weighted by atomic mass is 16.5.